The van der Waals surface area contributed by atoms with Gasteiger partial charge < -0.3 is 0 Å². The Balaban J connectivity index is 4.25. The van der Waals surface area contributed by atoms with Crippen LogP contribution in [0.5, 0.6) is 0 Å². The van der Waals surface area contributed by atoms with Crippen molar-refractivity contribution in [2.45, 2.75) is 0 Å². The molecule has 1 nitrogen and oxygen atoms in total. The number of hydrogen-bond acceptors (Lipinski definition) is 3. The van der Waals surface area contributed by atoms with Crippen molar-refractivity contribution in [1.82, 2.24) is 0 Å². The third kappa shape index (κ3) is 4.87. The monoisotopic (exact) mass is 153 g/mol. The molecule has 0 saturated carbocycles. The van der Waals surface area contributed by atoms with E-state index in [2.05, 4.69) is 38.6 Å². The first-order chi connectivity index (χ1) is 2.56. The fraction of sp³-hybridized carbons (Fsp3) is 0. The maximum absolute atomic E-state index is 4.98. The summed E-state index contributed by atoms with van der Waals surface area (Å²) in [6.45, 7) is 0. The Labute approximate surface area is 52.9 Å². The first-order valence-electron chi connectivity index (χ1n) is 0.934. The predicted octanol–water partition coefficient (Wildman–Crippen LogP) is -0.207. The molecule has 0 aliphatic carbocycles. The summed E-state index contributed by atoms with van der Waals surface area (Å²) in [6.07, 6.45) is 0. The SMILES string of the molecule is [B]S(=S)(=S)N=S. The van der Waals surface area contributed by atoms with E-state index in [1.54, 1.807) is 0 Å². The quantitative estimate of drug-likeness (QED) is 0.484. The molecule has 6 heteroatoms. The molecule has 0 aliphatic heterocycles. The van der Waals surface area contributed by atoms with Gasteiger partial charge in [-0.25, -0.2) is 0 Å². The van der Waals surface area contributed by atoms with Crippen LogP contribution in [-0.2, 0) is 42.0 Å². The lowest BCUT2D eigenvalue weighted by Gasteiger charge is -1.81. The van der Waals surface area contributed by atoms with E-state index in [4.69, 9.17) is 7.12 Å². The van der Waals surface area contributed by atoms with E-state index in [1.165, 1.54) is 0 Å². The lowest BCUT2D eigenvalue weighted by molar-refractivity contribution is 2.12. The van der Waals surface area contributed by atoms with Crippen molar-refractivity contribution in [2.75, 3.05) is 0 Å². The molecule has 0 amide bonds. The van der Waals surface area contributed by atoms with Gasteiger partial charge in [0.25, 0.3) is 0 Å². The standard InChI is InChI=1S/BNS4/c1-6(4,5)2-3. The van der Waals surface area contributed by atoms with Crippen molar-refractivity contribution in [3.8, 4) is 0 Å². The van der Waals surface area contributed by atoms with Gasteiger partial charge in [-0.2, -0.15) is 3.77 Å². The van der Waals surface area contributed by atoms with Gasteiger partial charge in [0.15, 0.2) is 0 Å². The lowest BCUT2D eigenvalue weighted by atomic mass is 10.8. The molecule has 0 saturated heterocycles. The van der Waals surface area contributed by atoms with Crippen LogP contribution in [0.4, 0.5) is 0 Å². The number of nitrogens with zero attached hydrogens (tertiary/aromatic N) is 1. The molecule has 0 aromatic carbocycles. The van der Waals surface area contributed by atoms with Crippen LogP contribution in [0.3, 0.4) is 0 Å². The average molecular weight is 153 g/mol. The zero-order chi connectivity index (χ0) is 5.21. The summed E-state index contributed by atoms with van der Waals surface area (Å²) in [5.41, 5.74) is 0. The van der Waals surface area contributed by atoms with Crippen LogP contribution in [0, 0.1) is 0 Å². The largest absolute Gasteiger partial charge is 0.209 e. The van der Waals surface area contributed by atoms with Gasteiger partial charge in [-0.15, -0.1) is 0 Å². The normalized spacial score (nSPS) is 10.7. The Morgan fingerprint density at radius 1 is 1.50 bits per heavy atom. The van der Waals surface area contributed by atoms with Crippen LogP contribution in [0.15, 0.2) is 3.77 Å². The lowest BCUT2D eigenvalue weighted by Crippen LogP contribution is -1.82. The zero-order valence-corrected chi connectivity index (χ0v) is 5.92. The molecule has 0 fully saturated rings. The molecule has 0 N–H and O–H groups in total. The Morgan fingerprint density at radius 3 is 1.67 bits per heavy atom. The van der Waals surface area contributed by atoms with E-state index in [-0.39, 0.29) is 0 Å². The van der Waals surface area contributed by atoms with E-state index in [0.29, 0.717) is 0 Å². The Morgan fingerprint density at radius 2 is 1.67 bits per heavy atom. The van der Waals surface area contributed by atoms with E-state index in [1.807, 2.05) is 0 Å². The highest BCUT2D eigenvalue weighted by Crippen LogP contribution is 1.78. The molecule has 0 spiro atoms. The molecule has 0 bridgehead atoms. The van der Waals surface area contributed by atoms with E-state index >= 15 is 0 Å². The molecule has 2 radical (unpaired) electrons. The van der Waals surface area contributed by atoms with Crippen molar-refractivity contribution in [3.63, 3.8) is 0 Å². The molecule has 0 aromatic heterocycles. The minimum absolute atomic E-state index is 2.06. The minimum atomic E-state index is -2.06. The second-order valence-corrected chi connectivity index (χ2v) is 5.90. The topological polar surface area (TPSA) is 12.4 Å². The average Bonchev–Trinajstić information content (AvgIpc) is 1.35. The minimum Gasteiger partial charge on any atom is -0.153 e. The summed E-state index contributed by atoms with van der Waals surface area (Å²) in [5.74, 6) is 0. The van der Waals surface area contributed by atoms with Gasteiger partial charge in [0, 0.05) is 12.4 Å². The molecule has 0 heterocycles. The van der Waals surface area contributed by atoms with Crippen LogP contribution in [0.25, 0.3) is 0 Å². The second-order valence-electron chi connectivity index (χ2n) is 0.590. The second kappa shape index (κ2) is 2.25. The fourth-order valence-corrected chi connectivity index (χ4v) is 0. The van der Waals surface area contributed by atoms with Crippen LogP contribution in [0.2, 0.25) is 0 Å². The van der Waals surface area contributed by atoms with Crippen molar-refractivity contribution >= 4 is 49.1 Å². The Bertz CT molecular complexity index is 118. The van der Waals surface area contributed by atoms with Gasteiger partial charge in [0.05, 0.1) is 0 Å². The molecule has 32 valence electrons. The van der Waals surface area contributed by atoms with Crippen LogP contribution >= 0.6 is 0 Å². The molecule has 0 unspecified atom stereocenters. The molecule has 0 atom stereocenters. The molecule has 0 aliphatic rings. The van der Waals surface area contributed by atoms with E-state index in [9.17, 15) is 0 Å². The molecular formula is BNS4. The van der Waals surface area contributed by atoms with Crippen molar-refractivity contribution in [3.05, 3.63) is 0 Å². The molecule has 0 rings (SSSR count). The van der Waals surface area contributed by atoms with Crippen LogP contribution in [0.1, 0.15) is 0 Å². The highest BCUT2D eigenvalue weighted by Gasteiger charge is 1.77. The van der Waals surface area contributed by atoms with E-state index < -0.39 is 7.18 Å². The summed E-state index contributed by atoms with van der Waals surface area (Å²) in [6, 6.07) is 0. The first kappa shape index (κ1) is 6.87. The molecule has 0 aromatic rings. The maximum Gasteiger partial charge on any atom is 0.209 e. The van der Waals surface area contributed by atoms with Gasteiger partial charge in [-0.3, -0.25) is 0 Å². The van der Waals surface area contributed by atoms with Gasteiger partial charge in [-0.05, 0) is 29.6 Å². The Kier molecular flexibility index (Phi) is 2.58. The van der Waals surface area contributed by atoms with Crippen molar-refractivity contribution < 1.29 is 0 Å². The number of hydrogen-bond donors (Lipinski definition) is 0. The fourth-order valence-electron chi connectivity index (χ4n) is 0. The zero-order valence-electron chi connectivity index (χ0n) is 2.66. The molecular weight excluding hydrogens is 153 g/mol. The highest BCUT2D eigenvalue weighted by molar-refractivity contribution is 8.66. The van der Waals surface area contributed by atoms with Gasteiger partial charge in [-0.1, -0.05) is 0 Å². The van der Waals surface area contributed by atoms with Crippen molar-refractivity contribution in [2.24, 2.45) is 3.77 Å². The summed E-state index contributed by atoms with van der Waals surface area (Å²) in [4.78, 5) is 0. The molecule has 6 heavy (non-hydrogen) atoms. The van der Waals surface area contributed by atoms with Gasteiger partial charge in [0.1, 0.15) is 0 Å². The summed E-state index contributed by atoms with van der Waals surface area (Å²) in [7, 11) is 2.92. The highest BCUT2D eigenvalue weighted by atomic mass is 33.1. The smallest absolute Gasteiger partial charge is 0.153 e. The van der Waals surface area contributed by atoms with E-state index in [0.717, 1.165) is 0 Å². The van der Waals surface area contributed by atoms with Crippen LogP contribution in [-0.4, -0.2) is 7.12 Å². The number of rotatable bonds is 1. The third-order valence-corrected chi connectivity index (χ3v) is 2.03. The predicted molar refractivity (Wildman–Crippen MR) is 37.6 cm³/mol. The third-order valence-electron chi connectivity index (χ3n) is 0.104. The van der Waals surface area contributed by atoms with Gasteiger partial charge in [0.2, 0.25) is 7.12 Å². The summed E-state index contributed by atoms with van der Waals surface area (Å²) in [5, 5.41) is 0. The Hall–Kier alpha value is 0.875. The van der Waals surface area contributed by atoms with Crippen LogP contribution < -0.4 is 0 Å². The first-order valence-corrected chi connectivity index (χ1v) is 4.80. The summed E-state index contributed by atoms with van der Waals surface area (Å²) < 4.78 is 3.09. The van der Waals surface area contributed by atoms with Crippen molar-refractivity contribution in [1.29, 1.82) is 0 Å². The maximum atomic E-state index is 4.98. The van der Waals surface area contributed by atoms with Gasteiger partial charge >= 0.3 is 0 Å². The summed E-state index contributed by atoms with van der Waals surface area (Å²) >= 11 is 12.9.